The van der Waals surface area contributed by atoms with Gasteiger partial charge in [0.05, 0.1) is 10.0 Å². The average molecular weight is 386 g/mol. The van der Waals surface area contributed by atoms with Crippen molar-refractivity contribution in [2.75, 3.05) is 31.1 Å². The number of pyridine rings is 1. The van der Waals surface area contributed by atoms with Crippen LogP contribution in [0.2, 0.25) is 15.1 Å². The van der Waals surface area contributed by atoms with Gasteiger partial charge in [0.25, 0.3) is 0 Å². The third-order valence-electron chi connectivity index (χ3n) is 3.88. The van der Waals surface area contributed by atoms with E-state index in [-0.39, 0.29) is 0 Å². The molecule has 126 valence electrons. The van der Waals surface area contributed by atoms with Crippen LogP contribution in [0.5, 0.6) is 0 Å². The number of anilines is 1. The van der Waals surface area contributed by atoms with Crippen LogP contribution in [0.15, 0.2) is 41.7 Å². The predicted molar refractivity (Wildman–Crippen MR) is 97.8 cm³/mol. The van der Waals surface area contributed by atoms with Gasteiger partial charge in [0.2, 0.25) is 0 Å². The summed E-state index contributed by atoms with van der Waals surface area (Å²) in [5.74, 6) is 1.18. The van der Waals surface area contributed by atoms with Crippen molar-refractivity contribution in [3.05, 3.63) is 57.2 Å². The lowest BCUT2D eigenvalue weighted by atomic mass is 10.1. The Bertz CT molecular complexity index is 761. The van der Waals surface area contributed by atoms with Crippen molar-refractivity contribution in [1.29, 1.82) is 0 Å². The van der Waals surface area contributed by atoms with Gasteiger partial charge in [-0.25, -0.2) is 4.98 Å². The second-order valence-corrected chi connectivity index (χ2v) is 6.58. The van der Waals surface area contributed by atoms with Crippen molar-refractivity contribution in [1.82, 2.24) is 9.88 Å². The largest absolute Gasteiger partial charge is 0.409 e. The number of aromatic nitrogens is 1. The summed E-state index contributed by atoms with van der Waals surface area (Å²) in [5.41, 5.74) is 0.607. The summed E-state index contributed by atoms with van der Waals surface area (Å²) in [6.45, 7) is 2.70. The molecule has 1 aromatic heterocycles. The van der Waals surface area contributed by atoms with Crippen molar-refractivity contribution in [2.24, 2.45) is 5.16 Å². The molecule has 0 spiro atoms. The van der Waals surface area contributed by atoms with Gasteiger partial charge in [-0.2, -0.15) is 0 Å². The smallest absolute Gasteiger partial charge is 0.176 e. The topological polar surface area (TPSA) is 52.0 Å². The standard InChI is InChI=1S/C16H15Cl3N4O/c17-11-3-4-13(18)12(10-11)15(21-24)22-6-8-23(9-7-22)16-14(19)2-1-5-20-16/h1-5,10,24H,6-9H2. The molecule has 1 fully saturated rings. The quantitative estimate of drug-likeness (QED) is 0.367. The molecule has 24 heavy (non-hydrogen) atoms. The minimum Gasteiger partial charge on any atom is -0.409 e. The molecule has 1 aliphatic rings. The minimum atomic E-state index is 0.411. The summed E-state index contributed by atoms with van der Waals surface area (Å²) in [6.07, 6.45) is 1.72. The Morgan fingerprint density at radius 1 is 1.04 bits per heavy atom. The summed E-state index contributed by atoms with van der Waals surface area (Å²) in [7, 11) is 0. The molecular weight excluding hydrogens is 371 g/mol. The Balaban J connectivity index is 1.76. The van der Waals surface area contributed by atoms with E-state index in [9.17, 15) is 5.21 Å². The fraction of sp³-hybridized carbons (Fsp3) is 0.250. The van der Waals surface area contributed by atoms with Crippen LogP contribution < -0.4 is 4.90 Å². The summed E-state index contributed by atoms with van der Waals surface area (Å²) in [4.78, 5) is 8.40. The number of oxime groups is 1. The van der Waals surface area contributed by atoms with E-state index in [2.05, 4.69) is 15.0 Å². The first kappa shape index (κ1) is 17.1. The third-order valence-corrected chi connectivity index (χ3v) is 4.74. The normalized spacial score (nSPS) is 15.7. The highest BCUT2D eigenvalue weighted by molar-refractivity contribution is 6.36. The fourth-order valence-electron chi connectivity index (χ4n) is 2.70. The molecule has 8 heteroatoms. The van der Waals surface area contributed by atoms with Crippen LogP contribution in [0.4, 0.5) is 5.82 Å². The number of nitrogens with zero attached hydrogens (tertiary/aromatic N) is 4. The van der Waals surface area contributed by atoms with Gasteiger partial charge in [0.15, 0.2) is 5.84 Å². The van der Waals surface area contributed by atoms with Crippen molar-refractivity contribution in [3.63, 3.8) is 0 Å². The van der Waals surface area contributed by atoms with Crippen LogP contribution >= 0.6 is 34.8 Å². The van der Waals surface area contributed by atoms with Crippen LogP contribution in [0.25, 0.3) is 0 Å². The molecule has 0 saturated carbocycles. The van der Waals surface area contributed by atoms with Gasteiger partial charge in [-0.05, 0) is 30.3 Å². The summed E-state index contributed by atoms with van der Waals surface area (Å²) in [6, 6.07) is 8.71. The van der Waals surface area contributed by atoms with E-state index in [1.165, 1.54) is 0 Å². The SMILES string of the molecule is ON=C(c1cc(Cl)ccc1Cl)N1CCN(c2ncccc2Cl)CC1. The highest BCUT2D eigenvalue weighted by atomic mass is 35.5. The van der Waals surface area contributed by atoms with Gasteiger partial charge >= 0.3 is 0 Å². The van der Waals surface area contributed by atoms with Crippen molar-refractivity contribution in [3.8, 4) is 0 Å². The molecule has 0 radical (unpaired) electrons. The molecular formula is C16H15Cl3N4O. The lowest BCUT2D eigenvalue weighted by molar-refractivity contribution is 0.296. The zero-order valence-electron chi connectivity index (χ0n) is 12.7. The van der Waals surface area contributed by atoms with E-state index < -0.39 is 0 Å². The molecule has 0 amide bonds. The van der Waals surface area contributed by atoms with Crippen molar-refractivity contribution < 1.29 is 5.21 Å². The van der Waals surface area contributed by atoms with Gasteiger partial charge in [0, 0.05) is 43.0 Å². The molecule has 1 aliphatic heterocycles. The molecule has 0 bridgehead atoms. The zero-order chi connectivity index (χ0) is 17.1. The second-order valence-electron chi connectivity index (χ2n) is 5.33. The van der Waals surface area contributed by atoms with Crippen molar-refractivity contribution in [2.45, 2.75) is 0 Å². The first-order valence-corrected chi connectivity index (χ1v) is 8.51. The van der Waals surface area contributed by atoms with E-state index in [1.54, 1.807) is 30.5 Å². The number of hydrogen-bond donors (Lipinski definition) is 1. The summed E-state index contributed by atoms with van der Waals surface area (Å²) >= 11 is 18.5. The molecule has 1 aromatic carbocycles. The Morgan fingerprint density at radius 2 is 1.79 bits per heavy atom. The van der Waals surface area contributed by atoms with Crippen LogP contribution in [0.3, 0.4) is 0 Å². The lowest BCUT2D eigenvalue weighted by Crippen LogP contribution is -2.49. The lowest BCUT2D eigenvalue weighted by Gasteiger charge is -2.37. The molecule has 0 unspecified atom stereocenters. The molecule has 5 nitrogen and oxygen atoms in total. The maximum atomic E-state index is 9.47. The molecule has 1 saturated heterocycles. The molecule has 3 rings (SSSR count). The van der Waals surface area contributed by atoms with Gasteiger partial charge in [-0.3, -0.25) is 0 Å². The van der Waals surface area contributed by atoms with E-state index in [4.69, 9.17) is 34.8 Å². The number of halogens is 3. The third kappa shape index (κ3) is 3.53. The van der Waals surface area contributed by atoms with Crippen LogP contribution in [-0.2, 0) is 0 Å². The fourth-order valence-corrected chi connectivity index (χ4v) is 3.31. The van der Waals surface area contributed by atoms with Gasteiger partial charge in [-0.15, -0.1) is 0 Å². The van der Waals surface area contributed by atoms with Gasteiger partial charge < -0.3 is 15.0 Å². The predicted octanol–water partition coefficient (Wildman–Crippen LogP) is 4.00. The first-order chi connectivity index (χ1) is 11.6. The minimum absolute atomic E-state index is 0.411. The van der Waals surface area contributed by atoms with Gasteiger partial charge in [0.1, 0.15) is 5.82 Å². The number of benzene rings is 1. The molecule has 0 atom stereocenters. The zero-order valence-corrected chi connectivity index (χ0v) is 14.9. The van der Waals surface area contributed by atoms with Crippen LogP contribution in [0.1, 0.15) is 5.56 Å². The highest BCUT2D eigenvalue weighted by Gasteiger charge is 2.24. The highest BCUT2D eigenvalue weighted by Crippen LogP contribution is 2.26. The maximum absolute atomic E-state index is 9.47. The monoisotopic (exact) mass is 384 g/mol. The van der Waals surface area contributed by atoms with Crippen LogP contribution in [-0.4, -0.2) is 47.1 Å². The molecule has 2 heterocycles. The number of piperazine rings is 1. The maximum Gasteiger partial charge on any atom is 0.176 e. The molecule has 2 aromatic rings. The second kappa shape index (κ2) is 7.47. The van der Waals surface area contributed by atoms with Gasteiger partial charge in [-0.1, -0.05) is 40.0 Å². The van der Waals surface area contributed by atoms with Crippen molar-refractivity contribution >= 4 is 46.5 Å². The number of rotatable bonds is 2. The Labute approximate surface area is 155 Å². The Hall–Kier alpha value is -1.69. The van der Waals surface area contributed by atoms with E-state index in [0.717, 1.165) is 5.82 Å². The van der Waals surface area contributed by atoms with Crippen LogP contribution in [0, 0.1) is 0 Å². The average Bonchev–Trinajstić information content (AvgIpc) is 2.60. The Kier molecular flexibility index (Phi) is 5.33. The summed E-state index contributed by atoms with van der Waals surface area (Å²) < 4.78 is 0. The summed E-state index contributed by atoms with van der Waals surface area (Å²) in [5, 5.41) is 14.6. The van der Waals surface area contributed by atoms with E-state index in [0.29, 0.717) is 52.6 Å². The first-order valence-electron chi connectivity index (χ1n) is 7.38. The van der Waals surface area contributed by atoms with E-state index >= 15 is 0 Å². The Morgan fingerprint density at radius 3 is 2.46 bits per heavy atom. The number of hydrogen-bond acceptors (Lipinski definition) is 4. The molecule has 0 aliphatic carbocycles. The van der Waals surface area contributed by atoms with E-state index in [1.807, 2.05) is 11.0 Å². The molecule has 1 N–H and O–H groups in total. The number of amidine groups is 1.